The molecule has 6 heteroatoms. The maximum Gasteiger partial charge on any atom is 0.441 e. The molecule has 0 N–H and O–H groups in total. The van der Waals surface area contributed by atoms with E-state index < -0.39 is 5.51 Å². The van der Waals surface area contributed by atoms with E-state index in [4.69, 9.17) is 4.74 Å². The van der Waals surface area contributed by atoms with Crippen molar-refractivity contribution in [2.75, 3.05) is 12.4 Å². The second-order valence-corrected chi connectivity index (χ2v) is 4.90. The lowest BCUT2D eigenvalue weighted by Gasteiger charge is -2.08. The maximum absolute atomic E-state index is 11.8. The third-order valence-electron chi connectivity index (χ3n) is 1.44. The smallest absolute Gasteiger partial charge is 0.441 e. The van der Waals surface area contributed by atoms with E-state index in [0.717, 1.165) is 3.57 Å². The molecule has 0 saturated carbocycles. The van der Waals surface area contributed by atoms with Crippen molar-refractivity contribution in [3.05, 3.63) is 27.8 Å². The van der Waals surface area contributed by atoms with E-state index in [1.54, 1.807) is 12.1 Å². The van der Waals surface area contributed by atoms with Gasteiger partial charge in [-0.2, -0.15) is 13.2 Å². The summed E-state index contributed by atoms with van der Waals surface area (Å²) in [5.74, 6) is 0.537. The molecule has 1 nitrogen and oxygen atoms in total. The van der Waals surface area contributed by atoms with Crippen LogP contribution in [0.25, 0.3) is 0 Å². The number of benzene rings is 1. The summed E-state index contributed by atoms with van der Waals surface area (Å²) in [7, 11) is 0. The zero-order valence-electron chi connectivity index (χ0n) is 7.55. The van der Waals surface area contributed by atoms with Crippen molar-refractivity contribution in [1.82, 2.24) is 0 Å². The predicted molar refractivity (Wildman–Crippen MR) is 63.2 cm³/mol. The third kappa shape index (κ3) is 5.50. The maximum atomic E-state index is 11.8. The van der Waals surface area contributed by atoms with Crippen molar-refractivity contribution in [3.8, 4) is 5.75 Å². The van der Waals surface area contributed by atoms with Gasteiger partial charge in [0.1, 0.15) is 5.75 Å². The Balaban J connectivity index is 2.30. The van der Waals surface area contributed by atoms with Gasteiger partial charge in [0.15, 0.2) is 0 Å². The summed E-state index contributed by atoms with van der Waals surface area (Å²) in [5, 5.41) is 0. The van der Waals surface area contributed by atoms with Crippen LogP contribution in [0, 0.1) is 3.57 Å². The molecule has 15 heavy (non-hydrogen) atoms. The normalized spacial score (nSPS) is 11.5. The summed E-state index contributed by atoms with van der Waals surface area (Å²) in [4.78, 5) is 0. The molecule has 0 heterocycles. The molecule has 0 spiro atoms. The highest BCUT2D eigenvalue weighted by molar-refractivity contribution is 14.1. The standard InChI is InChI=1S/C9H8F3IOS/c10-9(11,12)15-6-5-14-8-4-2-1-3-7(8)13/h1-4H,5-6H2. The zero-order chi connectivity index (χ0) is 11.3. The molecule has 0 saturated heterocycles. The summed E-state index contributed by atoms with van der Waals surface area (Å²) in [5.41, 5.74) is -4.17. The largest absolute Gasteiger partial charge is 0.492 e. The molecule has 0 amide bonds. The average molecular weight is 348 g/mol. The van der Waals surface area contributed by atoms with E-state index in [9.17, 15) is 13.2 Å². The molecule has 0 fully saturated rings. The molecule has 84 valence electrons. The molecule has 0 bridgehead atoms. The monoisotopic (exact) mass is 348 g/mol. The molecule has 1 rings (SSSR count). The molecule has 0 aromatic heterocycles. The Morgan fingerprint density at radius 1 is 1.27 bits per heavy atom. The molecule has 0 atom stereocenters. The van der Waals surface area contributed by atoms with Crippen LogP contribution in [-0.4, -0.2) is 17.9 Å². The average Bonchev–Trinajstić information content (AvgIpc) is 2.13. The molecule has 1 aromatic rings. The Morgan fingerprint density at radius 2 is 1.93 bits per heavy atom. The van der Waals surface area contributed by atoms with Crippen LogP contribution in [0.1, 0.15) is 0 Å². The van der Waals surface area contributed by atoms with Crippen LogP contribution >= 0.6 is 34.4 Å². The Bertz CT molecular complexity index is 316. The quantitative estimate of drug-likeness (QED) is 0.603. The van der Waals surface area contributed by atoms with Gasteiger partial charge in [-0.3, -0.25) is 0 Å². The van der Waals surface area contributed by atoms with Gasteiger partial charge in [-0.15, -0.1) is 0 Å². The summed E-state index contributed by atoms with van der Waals surface area (Å²) < 4.78 is 41.4. The number of alkyl halides is 3. The van der Waals surface area contributed by atoms with Gasteiger partial charge in [-0.05, 0) is 46.5 Å². The van der Waals surface area contributed by atoms with Gasteiger partial charge < -0.3 is 4.74 Å². The van der Waals surface area contributed by atoms with E-state index in [-0.39, 0.29) is 24.1 Å². The molecular weight excluding hydrogens is 340 g/mol. The molecule has 0 aliphatic rings. The molecule has 0 unspecified atom stereocenters. The third-order valence-corrected chi connectivity index (χ3v) is 3.03. The molecule has 1 aromatic carbocycles. The van der Waals surface area contributed by atoms with E-state index >= 15 is 0 Å². The highest BCUT2D eigenvalue weighted by Gasteiger charge is 2.27. The minimum absolute atomic E-state index is 0.0597. The molecule has 0 aliphatic heterocycles. The number of hydrogen-bond acceptors (Lipinski definition) is 2. The van der Waals surface area contributed by atoms with Crippen molar-refractivity contribution in [2.24, 2.45) is 0 Å². The minimum Gasteiger partial charge on any atom is -0.492 e. The van der Waals surface area contributed by atoms with Crippen LogP contribution in [0.5, 0.6) is 5.75 Å². The predicted octanol–water partition coefficient (Wildman–Crippen LogP) is 3.92. The van der Waals surface area contributed by atoms with Crippen molar-refractivity contribution in [2.45, 2.75) is 5.51 Å². The molecular formula is C9H8F3IOS. The molecule has 0 aliphatic carbocycles. The lowest BCUT2D eigenvalue weighted by molar-refractivity contribution is -0.0329. The summed E-state index contributed by atoms with van der Waals surface area (Å²) >= 11 is 2.01. The second-order valence-electron chi connectivity index (χ2n) is 2.57. The number of thioether (sulfide) groups is 1. The first-order valence-corrected chi connectivity index (χ1v) is 6.13. The number of hydrogen-bond donors (Lipinski definition) is 0. The fraction of sp³-hybridized carbons (Fsp3) is 0.333. The van der Waals surface area contributed by atoms with Crippen LogP contribution in [0.2, 0.25) is 0 Å². The summed E-state index contributed by atoms with van der Waals surface area (Å²) in [6.45, 7) is 0.0597. The van der Waals surface area contributed by atoms with E-state index in [1.807, 2.05) is 12.1 Å². The first-order valence-electron chi connectivity index (χ1n) is 4.07. The highest BCUT2D eigenvalue weighted by Crippen LogP contribution is 2.30. The van der Waals surface area contributed by atoms with Crippen molar-refractivity contribution >= 4 is 34.4 Å². The number of ether oxygens (including phenoxy) is 1. The van der Waals surface area contributed by atoms with Crippen LogP contribution in [0.4, 0.5) is 13.2 Å². The summed E-state index contributed by atoms with van der Waals surface area (Å²) in [6, 6.07) is 7.21. The Kier molecular flexibility index (Phi) is 5.04. The van der Waals surface area contributed by atoms with Gasteiger partial charge in [0.05, 0.1) is 10.2 Å². The fourth-order valence-corrected chi connectivity index (χ4v) is 1.81. The van der Waals surface area contributed by atoms with E-state index in [0.29, 0.717) is 5.75 Å². The Morgan fingerprint density at radius 3 is 2.53 bits per heavy atom. The lowest BCUT2D eigenvalue weighted by atomic mass is 10.3. The van der Waals surface area contributed by atoms with Gasteiger partial charge in [-0.25, -0.2) is 0 Å². The van der Waals surface area contributed by atoms with Gasteiger partial charge in [-0.1, -0.05) is 12.1 Å². The Labute approximate surface area is 104 Å². The first-order chi connectivity index (χ1) is 6.99. The van der Waals surface area contributed by atoms with Crippen LogP contribution in [0.15, 0.2) is 24.3 Å². The van der Waals surface area contributed by atoms with Crippen molar-refractivity contribution < 1.29 is 17.9 Å². The van der Waals surface area contributed by atoms with Gasteiger partial charge in [0, 0.05) is 5.75 Å². The lowest BCUT2D eigenvalue weighted by Crippen LogP contribution is -2.07. The van der Waals surface area contributed by atoms with Crippen LogP contribution in [-0.2, 0) is 0 Å². The number of para-hydroxylation sites is 1. The second kappa shape index (κ2) is 5.83. The summed E-state index contributed by atoms with van der Waals surface area (Å²) in [6.07, 6.45) is 0. The van der Waals surface area contributed by atoms with Gasteiger partial charge in [0.2, 0.25) is 0 Å². The first kappa shape index (κ1) is 13.0. The van der Waals surface area contributed by atoms with Gasteiger partial charge >= 0.3 is 5.51 Å². The SMILES string of the molecule is FC(F)(F)SCCOc1ccccc1I. The number of rotatable bonds is 4. The van der Waals surface area contributed by atoms with Crippen molar-refractivity contribution in [3.63, 3.8) is 0 Å². The Hall–Kier alpha value is -0.110. The highest BCUT2D eigenvalue weighted by atomic mass is 127. The number of halogens is 4. The van der Waals surface area contributed by atoms with Crippen molar-refractivity contribution in [1.29, 1.82) is 0 Å². The van der Waals surface area contributed by atoms with Crippen LogP contribution < -0.4 is 4.74 Å². The molecule has 0 radical (unpaired) electrons. The fourth-order valence-electron chi connectivity index (χ4n) is 0.871. The van der Waals surface area contributed by atoms with E-state index in [2.05, 4.69) is 22.6 Å². The minimum atomic E-state index is -4.17. The van der Waals surface area contributed by atoms with E-state index in [1.165, 1.54) is 0 Å². The zero-order valence-corrected chi connectivity index (χ0v) is 10.5. The van der Waals surface area contributed by atoms with Crippen LogP contribution in [0.3, 0.4) is 0 Å². The topological polar surface area (TPSA) is 9.23 Å². The van der Waals surface area contributed by atoms with Gasteiger partial charge in [0.25, 0.3) is 0 Å².